The van der Waals surface area contributed by atoms with Crippen molar-refractivity contribution in [3.8, 4) is 0 Å². The second kappa shape index (κ2) is 18.3. The highest BCUT2D eigenvalue weighted by Gasteiger charge is 2.17. The Hall–Kier alpha value is -0.530. The Kier molecular flexibility index (Phi) is 17.9. The zero-order valence-electron chi connectivity index (χ0n) is 17.9. The number of unbranched alkanes of at least 4 members (excludes halogenated alkanes) is 6. The van der Waals surface area contributed by atoms with Crippen molar-refractivity contribution >= 4 is 5.91 Å². The van der Waals surface area contributed by atoms with Crippen LogP contribution in [0, 0.1) is 11.8 Å². The van der Waals surface area contributed by atoms with Crippen LogP contribution >= 0.6 is 0 Å². The zero-order valence-corrected chi connectivity index (χ0v) is 17.9. The molecule has 0 aromatic rings. The largest absolute Gasteiger partial charge is 0.356 e. The Balaban J connectivity index is 4.13. The second-order valence-electron chi connectivity index (χ2n) is 7.89. The Morgan fingerprint density at radius 2 is 1.20 bits per heavy atom. The van der Waals surface area contributed by atoms with Crippen molar-refractivity contribution in [1.82, 2.24) is 5.32 Å². The highest BCUT2D eigenvalue weighted by atomic mass is 16.1. The minimum Gasteiger partial charge on any atom is -0.356 e. The number of hydrogen-bond donors (Lipinski definition) is 1. The third-order valence-electron chi connectivity index (χ3n) is 5.56. The molecule has 0 aromatic heterocycles. The Bertz CT molecular complexity index is 290. The van der Waals surface area contributed by atoms with Gasteiger partial charge in [0.15, 0.2) is 0 Å². The molecule has 0 aromatic carbocycles. The molecular weight excluding hydrogens is 306 g/mol. The minimum absolute atomic E-state index is 0.254. The van der Waals surface area contributed by atoms with Crippen LogP contribution in [0.1, 0.15) is 124 Å². The van der Waals surface area contributed by atoms with Crippen LogP contribution in [0.5, 0.6) is 0 Å². The molecule has 1 amide bonds. The molecule has 0 heterocycles. The van der Waals surface area contributed by atoms with E-state index in [1.165, 1.54) is 77.0 Å². The highest BCUT2D eigenvalue weighted by Crippen LogP contribution is 2.23. The second-order valence-corrected chi connectivity index (χ2v) is 7.89. The summed E-state index contributed by atoms with van der Waals surface area (Å²) in [6.45, 7) is 9.93. The Labute approximate surface area is 158 Å². The van der Waals surface area contributed by atoms with Crippen molar-refractivity contribution in [2.75, 3.05) is 6.54 Å². The maximum Gasteiger partial charge on any atom is 0.223 e. The van der Waals surface area contributed by atoms with Gasteiger partial charge in [-0.05, 0) is 25.2 Å². The van der Waals surface area contributed by atoms with E-state index in [1.54, 1.807) is 0 Å². The van der Waals surface area contributed by atoms with Crippen molar-refractivity contribution in [2.45, 2.75) is 124 Å². The number of nitrogens with one attached hydrogen (secondary N) is 1. The molecule has 0 fully saturated rings. The predicted molar refractivity (Wildman–Crippen MR) is 112 cm³/mol. The van der Waals surface area contributed by atoms with Gasteiger partial charge in [0.05, 0.1) is 0 Å². The van der Waals surface area contributed by atoms with Crippen LogP contribution in [0.25, 0.3) is 0 Å². The number of rotatable bonds is 18. The average Bonchev–Trinajstić information content (AvgIpc) is 2.63. The molecule has 1 N–H and O–H groups in total. The van der Waals surface area contributed by atoms with E-state index in [1.807, 2.05) is 0 Å². The van der Waals surface area contributed by atoms with E-state index >= 15 is 0 Å². The lowest BCUT2D eigenvalue weighted by molar-refractivity contribution is -0.125. The van der Waals surface area contributed by atoms with Crippen molar-refractivity contribution in [2.24, 2.45) is 11.8 Å². The summed E-state index contributed by atoms with van der Waals surface area (Å²) < 4.78 is 0. The van der Waals surface area contributed by atoms with Gasteiger partial charge in [-0.25, -0.2) is 0 Å². The fraction of sp³-hybridized carbons (Fsp3) is 0.957. The molecule has 0 aliphatic rings. The first-order chi connectivity index (χ1) is 12.2. The summed E-state index contributed by atoms with van der Waals surface area (Å²) in [4.78, 5) is 12.5. The molecule has 0 aliphatic carbocycles. The van der Waals surface area contributed by atoms with E-state index in [4.69, 9.17) is 0 Å². The molecule has 0 saturated carbocycles. The molecule has 0 saturated heterocycles. The van der Waals surface area contributed by atoms with Crippen LogP contribution in [0.4, 0.5) is 0 Å². The van der Waals surface area contributed by atoms with Gasteiger partial charge in [-0.2, -0.15) is 0 Å². The Morgan fingerprint density at radius 3 is 1.80 bits per heavy atom. The third-order valence-corrected chi connectivity index (χ3v) is 5.56. The summed E-state index contributed by atoms with van der Waals surface area (Å²) in [5, 5.41) is 3.19. The van der Waals surface area contributed by atoms with Crippen LogP contribution in [0.15, 0.2) is 0 Å². The summed E-state index contributed by atoms with van der Waals surface area (Å²) >= 11 is 0. The normalized spacial score (nSPS) is 13.6. The lowest BCUT2D eigenvalue weighted by Crippen LogP contribution is -2.31. The average molecular weight is 354 g/mol. The van der Waals surface area contributed by atoms with Gasteiger partial charge in [0, 0.05) is 12.5 Å². The van der Waals surface area contributed by atoms with E-state index in [0.29, 0.717) is 5.91 Å². The summed E-state index contributed by atoms with van der Waals surface area (Å²) in [5.41, 5.74) is 0. The van der Waals surface area contributed by atoms with Crippen LogP contribution in [-0.2, 0) is 4.79 Å². The van der Waals surface area contributed by atoms with E-state index in [-0.39, 0.29) is 5.92 Å². The van der Waals surface area contributed by atoms with Gasteiger partial charge in [-0.1, -0.05) is 105 Å². The number of hydrogen-bond acceptors (Lipinski definition) is 1. The number of amides is 1. The van der Waals surface area contributed by atoms with Gasteiger partial charge >= 0.3 is 0 Å². The first-order valence-corrected chi connectivity index (χ1v) is 11.5. The SMILES string of the molecule is CCCCCNC(=O)[C@H](CCCCC)CCCC[C@@H](CC)CCCC. The van der Waals surface area contributed by atoms with Crippen LogP contribution in [0.3, 0.4) is 0 Å². The van der Waals surface area contributed by atoms with Crippen molar-refractivity contribution < 1.29 is 4.79 Å². The lowest BCUT2D eigenvalue weighted by atomic mass is 9.90. The Morgan fingerprint density at radius 1 is 0.680 bits per heavy atom. The molecule has 2 atom stereocenters. The molecular formula is C23H47NO. The summed E-state index contributed by atoms with van der Waals surface area (Å²) in [7, 11) is 0. The molecule has 25 heavy (non-hydrogen) atoms. The van der Waals surface area contributed by atoms with Gasteiger partial charge in [0.2, 0.25) is 5.91 Å². The standard InChI is InChI=1S/C23H47NO/c1-5-9-12-18-22(23(25)24-20-15-10-6-2)19-14-13-17-21(8-4)16-11-7-3/h21-22H,5-20H2,1-4H3,(H,24,25)/t21-,22+/m0/s1. The summed E-state index contributed by atoms with van der Waals surface area (Å²) in [6.07, 6.45) is 18.7. The molecule has 0 unspecified atom stereocenters. The molecule has 2 heteroatoms. The van der Waals surface area contributed by atoms with Gasteiger partial charge in [-0.3, -0.25) is 4.79 Å². The molecule has 0 radical (unpaired) electrons. The lowest BCUT2D eigenvalue weighted by Gasteiger charge is -2.18. The maximum atomic E-state index is 12.5. The number of carbonyl (C=O) groups is 1. The topological polar surface area (TPSA) is 29.1 Å². The van der Waals surface area contributed by atoms with Gasteiger partial charge in [0.25, 0.3) is 0 Å². The predicted octanol–water partition coefficient (Wildman–Crippen LogP) is 7.27. The van der Waals surface area contributed by atoms with Gasteiger partial charge < -0.3 is 5.32 Å². The highest BCUT2D eigenvalue weighted by molar-refractivity contribution is 5.78. The summed E-state index contributed by atoms with van der Waals surface area (Å²) in [5.74, 6) is 1.48. The fourth-order valence-electron chi connectivity index (χ4n) is 3.65. The molecule has 0 aliphatic heterocycles. The van der Waals surface area contributed by atoms with E-state index < -0.39 is 0 Å². The van der Waals surface area contributed by atoms with Crippen molar-refractivity contribution in [3.05, 3.63) is 0 Å². The molecule has 0 spiro atoms. The van der Waals surface area contributed by atoms with Gasteiger partial charge in [-0.15, -0.1) is 0 Å². The van der Waals surface area contributed by atoms with Crippen LogP contribution < -0.4 is 5.32 Å². The van der Waals surface area contributed by atoms with Crippen molar-refractivity contribution in [1.29, 1.82) is 0 Å². The van der Waals surface area contributed by atoms with Crippen LogP contribution in [0.2, 0.25) is 0 Å². The number of carbonyl (C=O) groups excluding carboxylic acids is 1. The first-order valence-electron chi connectivity index (χ1n) is 11.5. The van der Waals surface area contributed by atoms with Crippen LogP contribution in [-0.4, -0.2) is 12.5 Å². The monoisotopic (exact) mass is 353 g/mol. The fourth-order valence-corrected chi connectivity index (χ4v) is 3.65. The van der Waals surface area contributed by atoms with Crippen molar-refractivity contribution in [3.63, 3.8) is 0 Å². The smallest absolute Gasteiger partial charge is 0.223 e. The molecule has 2 nitrogen and oxygen atoms in total. The summed E-state index contributed by atoms with van der Waals surface area (Å²) in [6, 6.07) is 0. The minimum atomic E-state index is 0.254. The third kappa shape index (κ3) is 14.3. The van der Waals surface area contributed by atoms with E-state index in [0.717, 1.165) is 31.7 Å². The van der Waals surface area contributed by atoms with E-state index in [9.17, 15) is 4.79 Å². The maximum absolute atomic E-state index is 12.5. The molecule has 150 valence electrons. The first kappa shape index (κ1) is 24.5. The molecule has 0 rings (SSSR count). The molecule has 0 bridgehead atoms. The van der Waals surface area contributed by atoms with Gasteiger partial charge in [0.1, 0.15) is 0 Å². The zero-order chi connectivity index (χ0) is 18.8. The van der Waals surface area contributed by atoms with E-state index in [2.05, 4.69) is 33.0 Å². The quantitative estimate of drug-likeness (QED) is 0.258.